The van der Waals surface area contributed by atoms with Crippen molar-refractivity contribution in [3.63, 3.8) is 0 Å². The Labute approximate surface area is 152 Å². The normalized spacial score (nSPS) is 11.3. The lowest BCUT2D eigenvalue weighted by Crippen LogP contribution is -1.80. The van der Waals surface area contributed by atoms with Crippen LogP contribution in [-0.4, -0.2) is 4.98 Å². The first-order valence-electron chi connectivity index (χ1n) is 8.96. The van der Waals surface area contributed by atoms with Crippen molar-refractivity contribution >= 4 is 21.8 Å². The van der Waals surface area contributed by atoms with Crippen molar-refractivity contribution in [2.75, 3.05) is 0 Å². The van der Waals surface area contributed by atoms with Crippen LogP contribution >= 0.6 is 0 Å². The highest BCUT2D eigenvalue weighted by molar-refractivity contribution is 6.12. The summed E-state index contributed by atoms with van der Waals surface area (Å²) in [6.07, 6.45) is 0. The molecule has 0 radical (unpaired) electrons. The molecule has 0 saturated heterocycles. The third kappa shape index (κ3) is 2.41. The van der Waals surface area contributed by atoms with Gasteiger partial charge in [0.05, 0.1) is 5.52 Å². The van der Waals surface area contributed by atoms with Gasteiger partial charge in [-0.3, -0.25) is 0 Å². The Balaban J connectivity index is 1.75. The van der Waals surface area contributed by atoms with E-state index >= 15 is 0 Å². The van der Waals surface area contributed by atoms with E-state index in [2.05, 4.69) is 103 Å². The fraction of sp³-hybridized carbons (Fsp3) is 0.0400. The van der Waals surface area contributed by atoms with E-state index in [9.17, 15) is 0 Å². The molecule has 0 amide bonds. The van der Waals surface area contributed by atoms with E-state index < -0.39 is 0 Å². The number of fused-ring (bicyclic) bond motifs is 3. The van der Waals surface area contributed by atoms with E-state index in [-0.39, 0.29) is 0 Å². The number of aromatic amines is 1. The van der Waals surface area contributed by atoms with Gasteiger partial charge >= 0.3 is 0 Å². The van der Waals surface area contributed by atoms with Crippen LogP contribution < -0.4 is 0 Å². The standard InChI is InChI=1S/C25H19N/c1-17-10-12-19(13-11-17)21-8-5-9-22-23-16-20(18-6-3-2-4-7-18)14-15-24(23)26-25(21)22/h2-16,26H,1H3. The number of nitrogens with one attached hydrogen (secondary N) is 1. The van der Waals surface area contributed by atoms with E-state index in [1.165, 1.54) is 49.6 Å². The van der Waals surface area contributed by atoms with E-state index in [4.69, 9.17) is 0 Å². The number of aromatic nitrogens is 1. The van der Waals surface area contributed by atoms with Gasteiger partial charge in [0.25, 0.3) is 0 Å². The van der Waals surface area contributed by atoms with Crippen LogP contribution in [0.15, 0.2) is 91.0 Å². The van der Waals surface area contributed by atoms with E-state index in [1.54, 1.807) is 0 Å². The summed E-state index contributed by atoms with van der Waals surface area (Å²) in [5, 5.41) is 2.55. The summed E-state index contributed by atoms with van der Waals surface area (Å²) >= 11 is 0. The molecule has 0 bridgehead atoms. The highest BCUT2D eigenvalue weighted by Crippen LogP contribution is 2.35. The van der Waals surface area contributed by atoms with Crippen molar-refractivity contribution in [1.29, 1.82) is 0 Å². The van der Waals surface area contributed by atoms with Crippen LogP contribution in [0.25, 0.3) is 44.1 Å². The zero-order valence-electron chi connectivity index (χ0n) is 14.7. The monoisotopic (exact) mass is 333 g/mol. The van der Waals surface area contributed by atoms with Gasteiger partial charge in [0, 0.05) is 21.9 Å². The molecular weight excluding hydrogens is 314 g/mol. The lowest BCUT2D eigenvalue weighted by molar-refractivity contribution is 1.47. The maximum atomic E-state index is 3.64. The van der Waals surface area contributed by atoms with Crippen molar-refractivity contribution in [2.45, 2.75) is 6.92 Å². The Morgan fingerprint density at radius 3 is 2.15 bits per heavy atom. The van der Waals surface area contributed by atoms with Crippen molar-refractivity contribution in [3.05, 3.63) is 96.6 Å². The summed E-state index contributed by atoms with van der Waals surface area (Å²) in [7, 11) is 0. The Kier molecular flexibility index (Phi) is 3.39. The summed E-state index contributed by atoms with van der Waals surface area (Å²) in [5.74, 6) is 0. The summed E-state index contributed by atoms with van der Waals surface area (Å²) in [6.45, 7) is 2.12. The molecule has 5 aromatic rings. The van der Waals surface area contributed by atoms with Gasteiger partial charge < -0.3 is 4.98 Å². The summed E-state index contributed by atoms with van der Waals surface area (Å²) in [6, 6.07) is 32.5. The third-order valence-electron chi connectivity index (χ3n) is 5.10. The molecule has 26 heavy (non-hydrogen) atoms. The highest BCUT2D eigenvalue weighted by atomic mass is 14.7. The van der Waals surface area contributed by atoms with E-state index in [1.807, 2.05) is 0 Å². The molecule has 0 unspecified atom stereocenters. The van der Waals surface area contributed by atoms with Crippen molar-refractivity contribution in [1.82, 2.24) is 4.98 Å². The molecule has 4 aromatic carbocycles. The maximum absolute atomic E-state index is 3.64. The highest BCUT2D eigenvalue weighted by Gasteiger charge is 2.10. The third-order valence-corrected chi connectivity index (χ3v) is 5.10. The van der Waals surface area contributed by atoms with E-state index in [0.29, 0.717) is 0 Å². The lowest BCUT2D eigenvalue weighted by atomic mass is 10.00. The van der Waals surface area contributed by atoms with Gasteiger partial charge in [-0.2, -0.15) is 0 Å². The molecule has 0 atom stereocenters. The summed E-state index contributed by atoms with van der Waals surface area (Å²) < 4.78 is 0. The summed E-state index contributed by atoms with van der Waals surface area (Å²) in [4.78, 5) is 3.64. The molecule has 124 valence electrons. The molecular formula is C25H19N. The van der Waals surface area contributed by atoms with Gasteiger partial charge in [-0.25, -0.2) is 0 Å². The van der Waals surface area contributed by atoms with Gasteiger partial charge in [-0.05, 0) is 35.7 Å². The van der Waals surface area contributed by atoms with Crippen LogP contribution in [0.5, 0.6) is 0 Å². The number of H-pyrrole nitrogens is 1. The molecule has 0 spiro atoms. The molecule has 0 aliphatic rings. The quantitative estimate of drug-likeness (QED) is 0.359. The molecule has 5 rings (SSSR count). The molecule has 0 fully saturated rings. The van der Waals surface area contributed by atoms with Gasteiger partial charge in [-0.1, -0.05) is 84.4 Å². The number of aryl methyl sites for hydroxylation is 1. The first-order chi connectivity index (χ1) is 12.8. The maximum Gasteiger partial charge on any atom is 0.0544 e. The SMILES string of the molecule is Cc1ccc(-c2cccc3c2[nH]c2ccc(-c4ccccc4)cc23)cc1. The fourth-order valence-corrected chi connectivity index (χ4v) is 3.71. The van der Waals surface area contributed by atoms with Crippen LogP contribution in [0.2, 0.25) is 0 Å². The number of hydrogen-bond donors (Lipinski definition) is 1. The molecule has 0 saturated carbocycles. The second kappa shape index (κ2) is 5.89. The topological polar surface area (TPSA) is 15.8 Å². The van der Waals surface area contributed by atoms with Gasteiger partial charge in [0.1, 0.15) is 0 Å². The second-order valence-electron chi connectivity index (χ2n) is 6.85. The van der Waals surface area contributed by atoms with Crippen LogP contribution in [0.1, 0.15) is 5.56 Å². The number of para-hydroxylation sites is 1. The first-order valence-corrected chi connectivity index (χ1v) is 8.96. The van der Waals surface area contributed by atoms with Gasteiger partial charge in [0.2, 0.25) is 0 Å². The Morgan fingerprint density at radius 1 is 0.577 bits per heavy atom. The van der Waals surface area contributed by atoms with Crippen molar-refractivity contribution in [3.8, 4) is 22.3 Å². The zero-order chi connectivity index (χ0) is 17.5. The molecule has 0 aliphatic heterocycles. The second-order valence-corrected chi connectivity index (χ2v) is 6.85. The van der Waals surface area contributed by atoms with Crippen LogP contribution in [0.4, 0.5) is 0 Å². The Hall–Kier alpha value is -3.32. The summed E-state index contributed by atoms with van der Waals surface area (Å²) in [5.41, 5.74) is 8.66. The predicted molar refractivity (Wildman–Crippen MR) is 111 cm³/mol. The number of benzene rings is 4. The van der Waals surface area contributed by atoms with Crippen LogP contribution in [-0.2, 0) is 0 Å². The Morgan fingerprint density at radius 2 is 1.35 bits per heavy atom. The molecule has 1 aromatic heterocycles. The minimum Gasteiger partial charge on any atom is -0.354 e. The average molecular weight is 333 g/mol. The fourth-order valence-electron chi connectivity index (χ4n) is 3.71. The minimum atomic E-state index is 1.18. The minimum absolute atomic E-state index is 1.18. The average Bonchev–Trinajstić information content (AvgIpc) is 3.07. The first kappa shape index (κ1) is 15.0. The van der Waals surface area contributed by atoms with Crippen LogP contribution in [0.3, 0.4) is 0 Å². The Bertz CT molecular complexity index is 1210. The van der Waals surface area contributed by atoms with Crippen molar-refractivity contribution in [2.24, 2.45) is 0 Å². The van der Waals surface area contributed by atoms with Gasteiger partial charge in [0.15, 0.2) is 0 Å². The lowest BCUT2D eigenvalue weighted by Gasteiger charge is -2.04. The van der Waals surface area contributed by atoms with Crippen LogP contribution in [0, 0.1) is 6.92 Å². The molecule has 1 N–H and O–H groups in total. The molecule has 1 heteroatoms. The predicted octanol–water partition coefficient (Wildman–Crippen LogP) is 6.96. The van der Waals surface area contributed by atoms with Gasteiger partial charge in [-0.15, -0.1) is 0 Å². The largest absolute Gasteiger partial charge is 0.354 e. The van der Waals surface area contributed by atoms with Crippen molar-refractivity contribution < 1.29 is 0 Å². The zero-order valence-corrected chi connectivity index (χ0v) is 14.7. The molecule has 1 heterocycles. The molecule has 0 aliphatic carbocycles. The number of rotatable bonds is 2. The molecule has 1 nitrogen and oxygen atoms in total. The smallest absolute Gasteiger partial charge is 0.0544 e. The van der Waals surface area contributed by atoms with E-state index in [0.717, 1.165) is 0 Å². The number of hydrogen-bond acceptors (Lipinski definition) is 0.